The summed E-state index contributed by atoms with van der Waals surface area (Å²) < 4.78 is 0. The molecule has 14 heavy (non-hydrogen) atoms. The minimum Gasteiger partial charge on any atom is -0.465 e. The van der Waals surface area contributed by atoms with E-state index >= 15 is 0 Å². The largest absolute Gasteiger partial charge is 0.465 e. The molecule has 1 heterocycles. The molecule has 74 valence electrons. The Labute approximate surface area is 80.0 Å². The van der Waals surface area contributed by atoms with Crippen molar-refractivity contribution in [2.24, 2.45) is 0 Å². The Hall–Kier alpha value is -2.11. The molecule has 1 rings (SSSR count). The number of amides is 2. The Kier molecular flexibility index (Phi) is 3.01. The van der Waals surface area contributed by atoms with Crippen LogP contribution in [-0.2, 0) is 0 Å². The van der Waals surface area contributed by atoms with Gasteiger partial charge in [-0.05, 0) is 6.07 Å². The van der Waals surface area contributed by atoms with Gasteiger partial charge < -0.3 is 10.4 Å². The zero-order valence-electron chi connectivity index (χ0n) is 7.44. The molecule has 6 heteroatoms. The van der Waals surface area contributed by atoms with Crippen LogP contribution in [0.15, 0.2) is 18.5 Å². The molecule has 1 aromatic heterocycles. The number of nitrogens with zero attached hydrogens (tertiary/aromatic N) is 1. The van der Waals surface area contributed by atoms with Crippen molar-refractivity contribution in [1.82, 2.24) is 10.3 Å². The smallest absolute Gasteiger partial charge is 0.409 e. The highest BCUT2D eigenvalue weighted by atomic mass is 16.4. The lowest BCUT2D eigenvalue weighted by Gasteiger charge is -2.06. The Morgan fingerprint density at radius 3 is 2.79 bits per heavy atom. The number of nitrogens with one attached hydrogen (secondary N) is 2. The van der Waals surface area contributed by atoms with Gasteiger partial charge in [0, 0.05) is 19.4 Å². The number of hydrogen-bond acceptors (Lipinski definition) is 3. The standard InChI is InChI=1S/C8H9N3O3/c1-9-7(12)5-4-10-3-2-6(5)11-8(13)14/h2-4H,1H3,(H,9,12)(H,10,11)(H,13,14). The SMILES string of the molecule is CNC(=O)c1cnccc1NC(=O)O. The molecule has 6 nitrogen and oxygen atoms in total. The second-order valence-corrected chi connectivity index (χ2v) is 2.43. The van der Waals surface area contributed by atoms with Crippen molar-refractivity contribution < 1.29 is 14.7 Å². The maximum Gasteiger partial charge on any atom is 0.409 e. The van der Waals surface area contributed by atoms with E-state index < -0.39 is 6.09 Å². The minimum absolute atomic E-state index is 0.192. The zero-order chi connectivity index (χ0) is 10.6. The summed E-state index contributed by atoms with van der Waals surface area (Å²) >= 11 is 0. The van der Waals surface area contributed by atoms with Gasteiger partial charge in [-0.1, -0.05) is 0 Å². The maximum absolute atomic E-state index is 11.2. The Morgan fingerprint density at radius 2 is 2.21 bits per heavy atom. The van der Waals surface area contributed by atoms with Gasteiger partial charge in [0.15, 0.2) is 0 Å². The third kappa shape index (κ3) is 2.19. The Balaban J connectivity index is 3.02. The number of carbonyl (C=O) groups is 2. The molecule has 0 saturated carbocycles. The Bertz CT molecular complexity index is 365. The summed E-state index contributed by atoms with van der Waals surface area (Å²) in [5, 5.41) is 13.0. The van der Waals surface area contributed by atoms with Gasteiger partial charge in [-0.15, -0.1) is 0 Å². The van der Waals surface area contributed by atoms with Crippen LogP contribution in [0.4, 0.5) is 10.5 Å². The predicted molar refractivity (Wildman–Crippen MR) is 49.3 cm³/mol. The van der Waals surface area contributed by atoms with Crippen LogP contribution in [0.25, 0.3) is 0 Å². The number of rotatable bonds is 2. The second-order valence-electron chi connectivity index (χ2n) is 2.43. The summed E-state index contributed by atoms with van der Waals surface area (Å²) in [6.07, 6.45) is 1.48. The molecular formula is C8H9N3O3. The van der Waals surface area contributed by atoms with Crippen molar-refractivity contribution >= 4 is 17.7 Å². The molecule has 0 aliphatic rings. The molecule has 0 bridgehead atoms. The maximum atomic E-state index is 11.2. The van der Waals surface area contributed by atoms with E-state index in [0.29, 0.717) is 0 Å². The van der Waals surface area contributed by atoms with Gasteiger partial charge >= 0.3 is 6.09 Å². The van der Waals surface area contributed by atoms with E-state index in [1.807, 2.05) is 0 Å². The van der Waals surface area contributed by atoms with Crippen LogP contribution in [0.3, 0.4) is 0 Å². The first-order chi connectivity index (χ1) is 6.65. The predicted octanol–water partition coefficient (Wildman–Crippen LogP) is 0.531. The number of pyridine rings is 1. The van der Waals surface area contributed by atoms with E-state index in [9.17, 15) is 9.59 Å². The number of hydrogen-bond donors (Lipinski definition) is 3. The summed E-state index contributed by atoms with van der Waals surface area (Å²) in [7, 11) is 1.46. The molecule has 1 aromatic rings. The fourth-order valence-electron chi connectivity index (χ4n) is 0.934. The molecule has 0 aromatic carbocycles. The lowest BCUT2D eigenvalue weighted by Crippen LogP contribution is -2.21. The first-order valence-electron chi connectivity index (χ1n) is 3.81. The van der Waals surface area contributed by atoms with Crippen molar-refractivity contribution in [3.05, 3.63) is 24.0 Å². The van der Waals surface area contributed by atoms with Gasteiger partial charge in [0.2, 0.25) is 0 Å². The Morgan fingerprint density at radius 1 is 1.50 bits per heavy atom. The third-order valence-corrected chi connectivity index (χ3v) is 1.53. The van der Waals surface area contributed by atoms with Gasteiger partial charge in [-0.25, -0.2) is 4.79 Å². The molecule has 3 N–H and O–H groups in total. The normalized spacial score (nSPS) is 9.21. The van der Waals surface area contributed by atoms with Gasteiger partial charge in [0.1, 0.15) is 0 Å². The number of carbonyl (C=O) groups excluding carboxylic acids is 1. The second kappa shape index (κ2) is 4.22. The first kappa shape index (κ1) is 9.97. The molecule has 0 fully saturated rings. The molecule has 0 aliphatic heterocycles. The van der Waals surface area contributed by atoms with E-state index in [2.05, 4.69) is 15.6 Å². The van der Waals surface area contributed by atoms with E-state index in [0.717, 1.165) is 0 Å². The van der Waals surface area contributed by atoms with Crippen molar-refractivity contribution in [3.63, 3.8) is 0 Å². The van der Waals surface area contributed by atoms with E-state index in [1.165, 1.54) is 25.5 Å². The molecule has 2 amide bonds. The van der Waals surface area contributed by atoms with Crippen LogP contribution in [0.5, 0.6) is 0 Å². The van der Waals surface area contributed by atoms with Gasteiger partial charge in [-0.3, -0.25) is 15.1 Å². The highest BCUT2D eigenvalue weighted by Crippen LogP contribution is 2.12. The zero-order valence-corrected chi connectivity index (χ0v) is 7.44. The average molecular weight is 195 g/mol. The summed E-state index contributed by atoms with van der Waals surface area (Å²) in [6, 6.07) is 1.42. The molecule has 0 unspecified atom stereocenters. The molecule has 0 spiro atoms. The lowest BCUT2D eigenvalue weighted by molar-refractivity contribution is 0.0963. The molecule has 0 aliphatic carbocycles. The van der Waals surface area contributed by atoms with Crippen molar-refractivity contribution in [1.29, 1.82) is 0 Å². The van der Waals surface area contributed by atoms with Crippen molar-refractivity contribution in [2.75, 3.05) is 12.4 Å². The highest BCUT2D eigenvalue weighted by molar-refractivity contribution is 6.01. The summed E-state index contributed by atoms with van der Waals surface area (Å²) in [6.45, 7) is 0. The van der Waals surface area contributed by atoms with Crippen LogP contribution in [0.1, 0.15) is 10.4 Å². The van der Waals surface area contributed by atoms with Crippen molar-refractivity contribution in [2.45, 2.75) is 0 Å². The minimum atomic E-state index is -1.22. The van der Waals surface area contributed by atoms with Crippen LogP contribution in [-0.4, -0.2) is 29.1 Å². The fourth-order valence-corrected chi connectivity index (χ4v) is 0.934. The first-order valence-corrected chi connectivity index (χ1v) is 3.81. The highest BCUT2D eigenvalue weighted by Gasteiger charge is 2.10. The summed E-state index contributed by atoms with van der Waals surface area (Å²) in [4.78, 5) is 25.3. The monoisotopic (exact) mass is 195 g/mol. The molecule has 0 atom stereocenters. The number of anilines is 1. The number of carboxylic acid groups (broad SMARTS) is 1. The van der Waals surface area contributed by atoms with Gasteiger partial charge in [-0.2, -0.15) is 0 Å². The average Bonchev–Trinajstić information content (AvgIpc) is 2.16. The van der Waals surface area contributed by atoms with Gasteiger partial charge in [0.05, 0.1) is 11.3 Å². The van der Waals surface area contributed by atoms with E-state index in [-0.39, 0.29) is 17.2 Å². The van der Waals surface area contributed by atoms with Crippen LogP contribution in [0.2, 0.25) is 0 Å². The topological polar surface area (TPSA) is 91.3 Å². The lowest BCUT2D eigenvalue weighted by atomic mass is 10.2. The fraction of sp³-hybridized carbons (Fsp3) is 0.125. The third-order valence-electron chi connectivity index (χ3n) is 1.53. The molecule has 0 saturated heterocycles. The van der Waals surface area contributed by atoms with Crippen LogP contribution >= 0.6 is 0 Å². The summed E-state index contributed by atoms with van der Waals surface area (Å²) in [5.41, 5.74) is 0.407. The van der Waals surface area contributed by atoms with E-state index in [1.54, 1.807) is 0 Å². The summed E-state index contributed by atoms with van der Waals surface area (Å²) in [5.74, 6) is -0.387. The molecular weight excluding hydrogens is 186 g/mol. The quantitative estimate of drug-likeness (QED) is 0.641. The van der Waals surface area contributed by atoms with E-state index in [4.69, 9.17) is 5.11 Å². The van der Waals surface area contributed by atoms with Crippen LogP contribution < -0.4 is 10.6 Å². The van der Waals surface area contributed by atoms with Crippen molar-refractivity contribution in [3.8, 4) is 0 Å². The molecule has 0 radical (unpaired) electrons. The van der Waals surface area contributed by atoms with Gasteiger partial charge in [0.25, 0.3) is 5.91 Å². The number of aromatic nitrogens is 1. The van der Waals surface area contributed by atoms with Crippen LogP contribution in [0, 0.1) is 0 Å².